The zero-order valence-corrected chi connectivity index (χ0v) is 14.7. The maximum absolute atomic E-state index is 12.2. The highest BCUT2D eigenvalue weighted by molar-refractivity contribution is 5.91. The number of carbonyl (C=O) groups is 1. The minimum absolute atomic E-state index is 0.123. The van der Waals surface area contributed by atoms with Gasteiger partial charge < -0.3 is 15.4 Å². The third-order valence-corrected chi connectivity index (χ3v) is 3.89. The number of aryl methyl sites for hydroxylation is 1. The van der Waals surface area contributed by atoms with Crippen LogP contribution in [0.3, 0.4) is 0 Å². The smallest absolute Gasteiger partial charge is 0.230 e. The molecule has 0 saturated carbocycles. The summed E-state index contributed by atoms with van der Waals surface area (Å²) in [5.41, 5.74) is 2.93. The first kappa shape index (κ1) is 17.4. The van der Waals surface area contributed by atoms with Crippen LogP contribution in [0.15, 0.2) is 60.7 Å². The summed E-state index contributed by atoms with van der Waals surface area (Å²) in [5.74, 6) is 1.63. The largest absolute Gasteiger partial charge is 0.497 e. The Bertz CT molecular complexity index is 894. The van der Waals surface area contributed by atoms with E-state index in [2.05, 4.69) is 20.8 Å². The Hall–Kier alpha value is -3.41. The van der Waals surface area contributed by atoms with E-state index in [1.807, 2.05) is 55.5 Å². The number of hydrogen-bond donors (Lipinski definition) is 2. The second-order valence-corrected chi connectivity index (χ2v) is 5.81. The van der Waals surface area contributed by atoms with Gasteiger partial charge in [0, 0.05) is 11.8 Å². The van der Waals surface area contributed by atoms with Crippen LogP contribution in [-0.4, -0.2) is 23.2 Å². The van der Waals surface area contributed by atoms with E-state index >= 15 is 0 Å². The van der Waals surface area contributed by atoms with Crippen molar-refractivity contribution in [1.82, 2.24) is 10.2 Å². The number of ether oxygens (including phenoxy) is 1. The van der Waals surface area contributed by atoms with Gasteiger partial charge in [-0.05, 0) is 42.3 Å². The fourth-order valence-electron chi connectivity index (χ4n) is 2.48. The molecule has 0 radical (unpaired) electrons. The molecular formula is C20H20N4O2. The molecule has 0 saturated heterocycles. The predicted molar refractivity (Wildman–Crippen MR) is 102 cm³/mol. The standard InChI is InChI=1S/C20H20N4O2/c1-14-6-3-4-7-15(14)12-20(25)22-19-11-10-18(23-24-19)21-16-8-5-9-17(13-16)26-2/h3-11,13H,12H2,1-2H3,(H,21,23)(H,22,24,25). The fraction of sp³-hybridized carbons (Fsp3) is 0.150. The van der Waals surface area contributed by atoms with Gasteiger partial charge in [0.2, 0.25) is 5.91 Å². The summed E-state index contributed by atoms with van der Waals surface area (Å²) in [6, 6.07) is 18.8. The van der Waals surface area contributed by atoms with E-state index in [0.717, 1.165) is 22.6 Å². The number of amides is 1. The summed E-state index contributed by atoms with van der Waals surface area (Å²) >= 11 is 0. The van der Waals surface area contributed by atoms with Crippen LogP contribution >= 0.6 is 0 Å². The van der Waals surface area contributed by atoms with E-state index in [4.69, 9.17) is 4.74 Å². The topological polar surface area (TPSA) is 76.1 Å². The summed E-state index contributed by atoms with van der Waals surface area (Å²) < 4.78 is 5.19. The van der Waals surface area contributed by atoms with Crippen molar-refractivity contribution < 1.29 is 9.53 Å². The third kappa shape index (κ3) is 4.57. The van der Waals surface area contributed by atoms with Crippen molar-refractivity contribution in [2.45, 2.75) is 13.3 Å². The number of anilines is 3. The van der Waals surface area contributed by atoms with Gasteiger partial charge >= 0.3 is 0 Å². The Morgan fingerprint density at radius 2 is 1.77 bits per heavy atom. The second-order valence-electron chi connectivity index (χ2n) is 5.81. The lowest BCUT2D eigenvalue weighted by Crippen LogP contribution is -2.16. The van der Waals surface area contributed by atoms with Crippen LogP contribution < -0.4 is 15.4 Å². The molecule has 1 amide bonds. The maximum atomic E-state index is 12.2. The molecule has 1 heterocycles. The minimum atomic E-state index is -0.123. The van der Waals surface area contributed by atoms with E-state index in [9.17, 15) is 4.79 Å². The third-order valence-electron chi connectivity index (χ3n) is 3.89. The molecule has 3 aromatic rings. The van der Waals surface area contributed by atoms with Crippen molar-refractivity contribution in [2.24, 2.45) is 0 Å². The first-order valence-corrected chi connectivity index (χ1v) is 8.23. The molecule has 0 aliphatic heterocycles. The van der Waals surface area contributed by atoms with Gasteiger partial charge in [0.25, 0.3) is 0 Å². The van der Waals surface area contributed by atoms with Crippen LogP contribution in [0.1, 0.15) is 11.1 Å². The molecule has 26 heavy (non-hydrogen) atoms. The molecule has 1 aromatic heterocycles. The molecule has 3 rings (SSSR count). The predicted octanol–water partition coefficient (Wildman–Crippen LogP) is 3.72. The van der Waals surface area contributed by atoms with Crippen molar-refractivity contribution >= 4 is 23.2 Å². The van der Waals surface area contributed by atoms with Gasteiger partial charge in [0.05, 0.1) is 13.5 Å². The second kappa shape index (κ2) is 8.11. The molecule has 0 aliphatic rings. The van der Waals surface area contributed by atoms with Gasteiger partial charge in [-0.25, -0.2) is 0 Å². The Morgan fingerprint density at radius 1 is 1.00 bits per heavy atom. The lowest BCUT2D eigenvalue weighted by atomic mass is 10.1. The fourth-order valence-corrected chi connectivity index (χ4v) is 2.48. The Kier molecular flexibility index (Phi) is 5.43. The van der Waals surface area contributed by atoms with E-state index in [1.54, 1.807) is 19.2 Å². The highest BCUT2D eigenvalue weighted by Crippen LogP contribution is 2.20. The summed E-state index contributed by atoms with van der Waals surface area (Å²) in [4.78, 5) is 12.2. The Morgan fingerprint density at radius 3 is 2.50 bits per heavy atom. The van der Waals surface area contributed by atoms with Gasteiger partial charge in [0.1, 0.15) is 5.75 Å². The highest BCUT2D eigenvalue weighted by Gasteiger charge is 2.07. The average molecular weight is 348 g/mol. The number of rotatable bonds is 6. The molecule has 0 unspecified atom stereocenters. The van der Waals surface area contributed by atoms with Crippen LogP contribution in [0.2, 0.25) is 0 Å². The molecule has 2 aromatic carbocycles. The van der Waals surface area contributed by atoms with Gasteiger partial charge in [0.15, 0.2) is 11.6 Å². The number of carbonyl (C=O) groups excluding carboxylic acids is 1. The molecule has 0 atom stereocenters. The average Bonchev–Trinajstić information content (AvgIpc) is 2.65. The van der Waals surface area contributed by atoms with Crippen molar-refractivity contribution in [3.63, 3.8) is 0 Å². The summed E-state index contributed by atoms with van der Waals surface area (Å²) in [6.07, 6.45) is 0.304. The summed E-state index contributed by atoms with van der Waals surface area (Å²) in [7, 11) is 1.62. The van der Waals surface area contributed by atoms with E-state index in [0.29, 0.717) is 18.1 Å². The van der Waals surface area contributed by atoms with Gasteiger partial charge in [-0.2, -0.15) is 0 Å². The molecule has 0 fully saturated rings. The maximum Gasteiger partial charge on any atom is 0.230 e. The quantitative estimate of drug-likeness (QED) is 0.710. The van der Waals surface area contributed by atoms with Crippen LogP contribution in [0.5, 0.6) is 5.75 Å². The molecular weight excluding hydrogens is 328 g/mol. The SMILES string of the molecule is COc1cccc(Nc2ccc(NC(=O)Cc3ccccc3C)nn2)c1. The lowest BCUT2D eigenvalue weighted by molar-refractivity contribution is -0.115. The molecule has 0 bridgehead atoms. The van der Waals surface area contributed by atoms with Crippen LogP contribution in [-0.2, 0) is 11.2 Å². The summed E-state index contributed by atoms with van der Waals surface area (Å²) in [5, 5.41) is 14.0. The van der Waals surface area contributed by atoms with E-state index in [-0.39, 0.29) is 5.91 Å². The zero-order chi connectivity index (χ0) is 18.4. The van der Waals surface area contributed by atoms with Crippen LogP contribution in [0.4, 0.5) is 17.3 Å². The van der Waals surface area contributed by atoms with Crippen molar-refractivity contribution in [2.75, 3.05) is 17.7 Å². The number of benzene rings is 2. The molecule has 6 heteroatoms. The molecule has 2 N–H and O–H groups in total. The lowest BCUT2D eigenvalue weighted by Gasteiger charge is -2.08. The first-order chi connectivity index (χ1) is 12.6. The normalized spacial score (nSPS) is 10.2. The van der Waals surface area contributed by atoms with Crippen molar-refractivity contribution in [3.8, 4) is 5.75 Å². The zero-order valence-electron chi connectivity index (χ0n) is 14.7. The number of hydrogen-bond acceptors (Lipinski definition) is 5. The molecule has 132 valence electrons. The van der Waals surface area contributed by atoms with Gasteiger partial charge in [-0.3, -0.25) is 4.79 Å². The number of aromatic nitrogens is 2. The number of nitrogens with zero attached hydrogens (tertiary/aromatic N) is 2. The van der Waals surface area contributed by atoms with Gasteiger partial charge in [-0.15, -0.1) is 10.2 Å². The minimum Gasteiger partial charge on any atom is -0.497 e. The Balaban J connectivity index is 1.60. The number of nitrogens with one attached hydrogen (secondary N) is 2. The van der Waals surface area contributed by atoms with E-state index in [1.165, 1.54) is 0 Å². The Labute approximate surface area is 152 Å². The summed E-state index contributed by atoms with van der Waals surface area (Å²) in [6.45, 7) is 1.99. The van der Waals surface area contributed by atoms with Crippen molar-refractivity contribution in [3.05, 3.63) is 71.8 Å². The first-order valence-electron chi connectivity index (χ1n) is 8.23. The number of methoxy groups -OCH3 is 1. The van der Waals surface area contributed by atoms with Crippen LogP contribution in [0.25, 0.3) is 0 Å². The van der Waals surface area contributed by atoms with E-state index < -0.39 is 0 Å². The monoisotopic (exact) mass is 348 g/mol. The molecule has 6 nitrogen and oxygen atoms in total. The van der Waals surface area contributed by atoms with Gasteiger partial charge in [-0.1, -0.05) is 30.3 Å². The highest BCUT2D eigenvalue weighted by atomic mass is 16.5. The molecule has 0 spiro atoms. The molecule has 0 aliphatic carbocycles. The van der Waals surface area contributed by atoms with Crippen molar-refractivity contribution in [1.29, 1.82) is 0 Å². The van der Waals surface area contributed by atoms with Crippen LogP contribution in [0, 0.1) is 6.92 Å².